The summed E-state index contributed by atoms with van der Waals surface area (Å²) in [5.41, 5.74) is 2.60. The van der Waals surface area contributed by atoms with E-state index < -0.39 is 5.97 Å². The van der Waals surface area contributed by atoms with Gasteiger partial charge in [0.2, 0.25) is 0 Å². The summed E-state index contributed by atoms with van der Waals surface area (Å²) < 4.78 is 6.05. The smallest absolute Gasteiger partial charge is 0.338 e. The number of halogens is 1. The van der Waals surface area contributed by atoms with Crippen LogP contribution in [0, 0.1) is 0 Å². The largest absolute Gasteiger partial charge is 0.452 e. The minimum Gasteiger partial charge on any atom is -0.452 e. The number of ether oxygens (including phenoxy) is 1. The van der Waals surface area contributed by atoms with Crippen LogP contribution in [0.2, 0.25) is 0 Å². The Labute approximate surface area is 150 Å². The van der Waals surface area contributed by atoms with Gasteiger partial charge in [0.15, 0.2) is 6.61 Å². The van der Waals surface area contributed by atoms with Crippen molar-refractivity contribution in [2.45, 2.75) is 19.9 Å². The molecule has 0 aliphatic rings. The lowest BCUT2D eigenvalue weighted by molar-refractivity contribution is -0.133. The lowest BCUT2D eigenvalue weighted by Gasteiger charge is -2.18. The molecule has 0 aliphatic carbocycles. The van der Waals surface area contributed by atoms with E-state index in [2.05, 4.69) is 15.9 Å². The number of rotatable bonds is 6. The second kappa shape index (κ2) is 8.64. The molecular formula is C19H20BrNO3. The molecule has 0 N–H and O–H groups in total. The monoisotopic (exact) mass is 389 g/mol. The first-order chi connectivity index (χ1) is 11.5. The standard InChI is InChI=1S/C19H20BrNO3/c1-3-14-8-10-15(11-9-14)19(23)24-13-18(22)21(2)12-16-6-4-5-7-17(16)20/h4-11H,3,12-13H2,1-2H3. The maximum absolute atomic E-state index is 12.1. The first-order valence-corrected chi connectivity index (χ1v) is 8.54. The zero-order chi connectivity index (χ0) is 17.5. The number of carbonyl (C=O) groups excluding carboxylic acids is 2. The highest BCUT2D eigenvalue weighted by atomic mass is 79.9. The predicted molar refractivity (Wildman–Crippen MR) is 96.7 cm³/mol. The van der Waals surface area contributed by atoms with Gasteiger partial charge in [0, 0.05) is 18.1 Å². The third-order valence-corrected chi connectivity index (χ3v) is 4.49. The first kappa shape index (κ1) is 18.2. The maximum atomic E-state index is 12.1. The fourth-order valence-electron chi connectivity index (χ4n) is 2.17. The molecule has 2 aromatic rings. The SMILES string of the molecule is CCc1ccc(C(=O)OCC(=O)N(C)Cc2ccccc2Br)cc1. The predicted octanol–water partition coefficient (Wildman–Crippen LogP) is 3.83. The highest BCUT2D eigenvalue weighted by Crippen LogP contribution is 2.17. The normalized spacial score (nSPS) is 10.3. The van der Waals surface area contributed by atoms with E-state index in [0.29, 0.717) is 12.1 Å². The maximum Gasteiger partial charge on any atom is 0.338 e. The summed E-state index contributed by atoms with van der Waals surface area (Å²) >= 11 is 3.46. The van der Waals surface area contributed by atoms with Crippen molar-refractivity contribution in [1.82, 2.24) is 4.90 Å². The molecule has 0 aliphatic heterocycles. The van der Waals surface area contributed by atoms with Crippen molar-refractivity contribution < 1.29 is 14.3 Å². The van der Waals surface area contributed by atoms with Crippen LogP contribution in [-0.4, -0.2) is 30.4 Å². The number of carbonyl (C=O) groups is 2. The van der Waals surface area contributed by atoms with E-state index in [1.54, 1.807) is 19.2 Å². The summed E-state index contributed by atoms with van der Waals surface area (Å²) in [7, 11) is 1.69. The number of likely N-dealkylation sites (N-methyl/N-ethyl adjacent to an activating group) is 1. The zero-order valence-electron chi connectivity index (χ0n) is 13.8. The van der Waals surface area contributed by atoms with E-state index in [0.717, 1.165) is 22.0 Å². The van der Waals surface area contributed by atoms with Crippen LogP contribution >= 0.6 is 15.9 Å². The Bertz CT molecular complexity index is 713. The Morgan fingerprint density at radius 2 is 1.75 bits per heavy atom. The van der Waals surface area contributed by atoms with Gasteiger partial charge in [0.25, 0.3) is 5.91 Å². The molecular weight excluding hydrogens is 370 g/mol. The number of hydrogen-bond acceptors (Lipinski definition) is 3. The average molecular weight is 390 g/mol. The Morgan fingerprint density at radius 3 is 2.38 bits per heavy atom. The van der Waals surface area contributed by atoms with Gasteiger partial charge < -0.3 is 9.64 Å². The van der Waals surface area contributed by atoms with E-state index in [-0.39, 0.29) is 12.5 Å². The van der Waals surface area contributed by atoms with Crippen LogP contribution in [-0.2, 0) is 22.5 Å². The molecule has 0 atom stereocenters. The Balaban J connectivity index is 1.87. The molecule has 0 saturated carbocycles. The molecule has 1 amide bonds. The highest BCUT2D eigenvalue weighted by molar-refractivity contribution is 9.10. The summed E-state index contributed by atoms with van der Waals surface area (Å²) in [4.78, 5) is 25.6. The first-order valence-electron chi connectivity index (χ1n) is 7.74. The number of amides is 1. The molecule has 2 rings (SSSR count). The summed E-state index contributed by atoms with van der Waals surface area (Å²) in [6.07, 6.45) is 0.910. The van der Waals surface area contributed by atoms with E-state index in [9.17, 15) is 9.59 Å². The molecule has 0 heterocycles. The second-order valence-corrected chi connectivity index (χ2v) is 6.32. The molecule has 0 aromatic heterocycles. The van der Waals surface area contributed by atoms with Crippen LogP contribution in [0.3, 0.4) is 0 Å². The third-order valence-electron chi connectivity index (χ3n) is 3.72. The van der Waals surface area contributed by atoms with Crippen molar-refractivity contribution in [2.75, 3.05) is 13.7 Å². The van der Waals surface area contributed by atoms with Gasteiger partial charge in [0.1, 0.15) is 0 Å². The fourth-order valence-corrected chi connectivity index (χ4v) is 2.58. The molecule has 0 spiro atoms. The second-order valence-electron chi connectivity index (χ2n) is 5.47. The minimum absolute atomic E-state index is 0.246. The number of esters is 1. The van der Waals surface area contributed by atoms with Crippen LogP contribution in [0.15, 0.2) is 53.0 Å². The van der Waals surface area contributed by atoms with Crippen molar-refractivity contribution in [3.05, 3.63) is 69.7 Å². The van der Waals surface area contributed by atoms with Gasteiger partial charge in [-0.05, 0) is 35.7 Å². The number of hydrogen-bond donors (Lipinski definition) is 0. The van der Waals surface area contributed by atoms with Gasteiger partial charge in [-0.15, -0.1) is 0 Å². The van der Waals surface area contributed by atoms with Crippen LogP contribution in [0.4, 0.5) is 0 Å². The summed E-state index contributed by atoms with van der Waals surface area (Å²) in [5.74, 6) is -0.732. The van der Waals surface area contributed by atoms with Crippen molar-refractivity contribution in [1.29, 1.82) is 0 Å². The number of aryl methyl sites for hydroxylation is 1. The van der Waals surface area contributed by atoms with Gasteiger partial charge in [-0.25, -0.2) is 4.79 Å². The van der Waals surface area contributed by atoms with Crippen LogP contribution in [0.5, 0.6) is 0 Å². The molecule has 0 bridgehead atoms. The number of benzene rings is 2. The van der Waals surface area contributed by atoms with Gasteiger partial charge in [-0.2, -0.15) is 0 Å². The van der Waals surface area contributed by atoms with E-state index in [1.165, 1.54) is 4.90 Å². The van der Waals surface area contributed by atoms with Crippen molar-refractivity contribution in [2.24, 2.45) is 0 Å². The Kier molecular flexibility index (Phi) is 6.55. The zero-order valence-corrected chi connectivity index (χ0v) is 15.4. The third kappa shape index (κ3) is 4.93. The van der Waals surface area contributed by atoms with Gasteiger partial charge in [-0.3, -0.25) is 4.79 Å². The molecule has 24 heavy (non-hydrogen) atoms. The summed E-state index contributed by atoms with van der Waals surface area (Å²) in [6.45, 7) is 2.23. The quantitative estimate of drug-likeness (QED) is 0.705. The molecule has 0 saturated heterocycles. The van der Waals surface area contributed by atoms with Crippen molar-refractivity contribution in [3.8, 4) is 0 Å². The molecule has 0 radical (unpaired) electrons. The van der Waals surface area contributed by atoms with Crippen LogP contribution in [0.1, 0.15) is 28.4 Å². The lowest BCUT2D eigenvalue weighted by Crippen LogP contribution is -2.30. The van der Waals surface area contributed by atoms with Crippen molar-refractivity contribution >= 4 is 27.8 Å². The fraction of sp³-hybridized carbons (Fsp3) is 0.263. The van der Waals surface area contributed by atoms with Gasteiger partial charge >= 0.3 is 5.97 Å². The van der Waals surface area contributed by atoms with Gasteiger partial charge in [0.05, 0.1) is 5.56 Å². The van der Waals surface area contributed by atoms with E-state index in [4.69, 9.17) is 4.74 Å². The van der Waals surface area contributed by atoms with Crippen molar-refractivity contribution in [3.63, 3.8) is 0 Å². The highest BCUT2D eigenvalue weighted by Gasteiger charge is 2.14. The summed E-state index contributed by atoms with van der Waals surface area (Å²) in [6, 6.07) is 14.9. The molecule has 4 nitrogen and oxygen atoms in total. The molecule has 126 valence electrons. The Hall–Kier alpha value is -2.14. The Morgan fingerprint density at radius 1 is 1.08 bits per heavy atom. The number of nitrogens with zero attached hydrogens (tertiary/aromatic N) is 1. The molecule has 0 unspecified atom stereocenters. The van der Waals surface area contributed by atoms with Crippen LogP contribution < -0.4 is 0 Å². The van der Waals surface area contributed by atoms with E-state index >= 15 is 0 Å². The van der Waals surface area contributed by atoms with E-state index in [1.807, 2.05) is 43.3 Å². The van der Waals surface area contributed by atoms with Gasteiger partial charge in [-0.1, -0.05) is 53.2 Å². The summed E-state index contributed by atoms with van der Waals surface area (Å²) in [5, 5.41) is 0. The molecule has 0 fully saturated rings. The van der Waals surface area contributed by atoms with Crippen LogP contribution in [0.25, 0.3) is 0 Å². The average Bonchev–Trinajstić information content (AvgIpc) is 2.61. The molecule has 5 heteroatoms. The minimum atomic E-state index is -0.486. The topological polar surface area (TPSA) is 46.6 Å². The lowest BCUT2D eigenvalue weighted by atomic mass is 10.1. The molecule has 2 aromatic carbocycles.